The Hall–Kier alpha value is -1.36. The Morgan fingerprint density at radius 1 is 1.05 bits per heavy atom. The molecular formula is C15H12Cl2O3S. The van der Waals surface area contributed by atoms with Crippen molar-refractivity contribution in [3.05, 3.63) is 63.6 Å². The molecule has 21 heavy (non-hydrogen) atoms. The van der Waals surface area contributed by atoms with Gasteiger partial charge in [-0.2, -0.15) is 0 Å². The van der Waals surface area contributed by atoms with E-state index in [0.717, 1.165) is 6.26 Å². The Morgan fingerprint density at radius 2 is 1.62 bits per heavy atom. The Kier molecular flexibility index (Phi) is 4.71. The van der Waals surface area contributed by atoms with Gasteiger partial charge in [0.15, 0.2) is 15.6 Å². The maximum atomic E-state index is 12.3. The number of Topliss-reactive ketones (excluding diaryl/α,β-unsaturated/α-hetero) is 1. The first-order valence-corrected chi connectivity index (χ1v) is 8.70. The van der Waals surface area contributed by atoms with Crippen LogP contribution in [0, 0.1) is 0 Å². The van der Waals surface area contributed by atoms with Gasteiger partial charge in [0.25, 0.3) is 0 Å². The van der Waals surface area contributed by atoms with Crippen LogP contribution in [0.1, 0.15) is 15.9 Å². The van der Waals surface area contributed by atoms with Crippen LogP contribution in [0.3, 0.4) is 0 Å². The van der Waals surface area contributed by atoms with Crippen molar-refractivity contribution in [2.75, 3.05) is 6.26 Å². The molecule has 0 N–H and O–H groups in total. The summed E-state index contributed by atoms with van der Waals surface area (Å²) in [4.78, 5) is 12.4. The number of benzene rings is 2. The van der Waals surface area contributed by atoms with E-state index in [-0.39, 0.29) is 17.1 Å². The van der Waals surface area contributed by atoms with Crippen molar-refractivity contribution in [1.82, 2.24) is 0 Å². The first-order valence-electron chi connectivity index (χ1n) is 6.05. The van der Waals surface area contributed by atoms with E-state index < -0.39 is 9.84 Å². The van der Waals surface area contributed by atoms with Crippen molar-refractivity contribution < 1.29 is 13.2 Å². The van der Waals surface area contributed by atoms with Crippen molar-refractivity contribution >= 4 is 38.8 Å². The second-order valence-corrected chi connectivity index (χ2v) is 7.43. The van der Waals surface area contributed by atoms with Gasteiger partial charge in [0.05, 0.1) is 4.90 Å². The molecule has 0 bridgehead atoms. The van der Waals surface area contributed by atoms with Gasteiger partial charge in [0.1, 0.15) is 0 Å². The lowest BCUT2D eigenvalue weighted by Gasteiger charge is -2.07. The molecule has 0 saturated carbocycles. The average Bonchev–Trinajstić information content (AvgIpc) is 2.42. The summed E-state index contributed by atoms with van der Waals surface area (Å²) in [7, 11) is -3.35. The summed E-state index contributed by atoms with van der Waals surface area (Å²) in [6.07, 6.45) is 1.12. The predicted molar refractivity (Wildman–Crippen MR) is 84.0 cm³/mol. The van der Waals surface area contributed by atoms with Crippen LogP contribution in [0.4, 0.5) is 0 Å². The van der Waals surface area contributed by atoms with Crippen LogP contribution >= 0.6 is 23.2 Å². The number of hydrogen-bond acceptors (Lipinski definition) is 3. The molecule has 0 heterocycles. The molecule has 0 spiro atoms. The molecule has 0 aliphatic rings. The number of hydrogen-bond donors (Lipinski definition) is 0. The molecule has 0 fully saturated rings. The van der Waals surface area contributed by atoms with Crippen LogP contribution in [0.2, 0.25) is 10.0 Å². The van der Waals surface area contributed by atoms with Crippen molar-refractivity contribution in [1.29, 1.82) is 0 Å². The average molecular weight is 343 g/mol. The molecule has 2 rings (SSSR count). The number of carbonyl (C=O) groups is 1. The third-order valence-electron chi connectivity index (χ3n) is 2.98. The van der Waals surface area contributed by atoms with Crippen LogP contribution in [0.5, 0.6) is 0 Å². The molecule has 0 radical (unpaired) electrons. The van der Waals surface area contributed by atoms with E-state index in [0.29, 0.717) is 21.2 Å². The Morgan fingerprint density at radius 3 is 2.19 bits per heavy atom. The summed E-state index contributed by atoms with van der Waals surface area (Å²) in [5, 5.41) is 0.824. The molecule has 0 aliphatic carbocycles. The number of sulfone groups is 1. The van der Waals surface area contributed by atoms with Gasteiger partial charge >= 0.3 is 0 Å². The maximum Gasteiger partial charge on any atom is 0.175 e. The highest BCUT2D eigenvalue weighted by molar-refractivity contribution is 7.90. The van der Waals surface area contributed by atoms with E-state index in [4.69, 9.17) is 23.2 Å². The van der Waals surface area contributed by atoms with Crippen LogP contribution in [-0.4, -0.2) is 20.5 Å². The van der Waals surface area contributed by atoms with E-state index in [1.54, 1.807) is 24.3 Å². The molecule has 0 unspecified atom stereocenters. The van der Waals surface area contributed by atoms with Gasteiger partial charge in [-0.05, 0) is 29.8 Å². The lowest BCUT2D eigenvalue weighted by Crippen LogP contribution is -2.06. The highest BCUT2D eigenvalue weighted by Crippen LogP contribution is 2.26. The van der Waals surface area contributed by atoms with Crippen LogP contribution in [-0.2, 0) is 16.3 Å². The summed E-state index contributed by atoms with van der Waals surface area (Å²) in [5.74, 6) is -0.240. The summed E-state index contributed by atoms with van der Waals surface area (Å²) >= 11 is 12.1. The van der Waals surface area contributed by atoms with E-state index in [1.165, 1.54) is 18.2 Å². The molecule has 0 aliphatic heterocycles. The molecule has 2 aromatic carbocycles. The Balaban J connectivity index is 2.34. The normalized spacial score (nSPS) is 11.4. The standard InChI is InChI=1S/C15H12Cl2O3S/c1-21(19,20)11-5-2-4-10(8-11)15(18)9-12-13(16)6-3-7-14(12)17/h2-8H,9H2,1H3. The molecule has 110 valence electrons. The highest BCUT2D eigenvalue weighted by Gasteiger charge is 2.15. The van der Waals surface area contributed by atoms with Crippen molar-refractivity contribution in [3.63, 3.8) is 0 Å². The first kappa shape index (κ1) is 16.0. The second-order valence-electron chi connectivity index (χ2n) is 4.60. The lowest BCUT2D eigenvalue weighted by atomic mass is 10.0. The fourth-order valence-corrected chi connectivity index (χ4v) is 3.06. The summed E-state index contributed by atoms with van der Waals surface area (Å²) < 4.78 is 23.0. The van der Waals surface area contributed by atoms with E-state index >= 15 is 0 Å². The SMILES string of the molecule is CS(=O)(=O)c1cccc(C(=O)Cc2c(Cl)cccc2Cl)c1. The molecule has 6 heteroatoms. The number of rotatable bonds is 4. The fourth-order valence-electron chi connectivity index (χ4n) is 1.86. The van der Waals surface area contributed by atoms with Crippen LogP contribution in [0.25, 0.3) is 0 Å². The van der Waals surface area contributed by atoms with Gasteiger partial charge in [-0.25, -0.2) is 8.42 Å². The second kappa shape index (κ2) is 6.18. The molecule has 0 amide bonds. The summed E-state index contributed by atoms with van der Waals surface area (Å²) in [5.41, 5.74) is 0.851. The van der Waals surface area contributed by atoms with Crippen LogP contribution < -0.4 is 0 Å². The van der Waals surface area contributed by atoms with E-state index in [1.807, 2.05) is 0 Å². The minimum atomic E-state index is -3.35. The predicted octanol–water partition coefficient (Wildman–Crippen LogP) is 3.82. The molecule has 0 atom stereocenters. The summed E-state index contributed by atoms with van der Waals surface area (Å²) in [6.45, 7) is 0. The zero-order chi connectivity index (χ0) is 15.6. The molecule has 3 nitrogen and oxygen atoms in total. The van der Waals surface area contributed by atoms with Crippen molar-refractivity contribution in [2.45, 2.75) is 11.3 Å². The fraction of sp³-hybridized carbons (Fsp3) is 0.133. The van der Waals surface area contributed by atoms with Crippen molar-refractivity contribution in [3.8, 4) is 0 Å². The van der Waals surface area contributed by atoms with E-state index in [2.05, 4.69) is 0 Å². The monoisotopic (exact) mass is 342 g/mol. The Labute approximate surface area is 133 Å². The van der Waals surface area contributed by atoms with Crippen molar-refractivity contribution in [2.24, 2.45) is 0 Å². The van der Waals surface area contributed by atoms with Gasteiger partial charge in [-0.15, -0.1) is 0 Å². The minimum absolute atomic E-state index is 0.0196. The van der Waals surface area contributed by atoms with Gasteiger partial charge in [-0.3, -0.25) is 4.79 Å². The van der Waals surface area contributed by atoms with Gasteiger partial charge in [0, 0.05) is 28.3 Å². The number of halogens is 2. The smallest absolute Gasteiger partial charge is 0.175 e. The zero-order valence-electron chi connectivity index (χ0n) is 11.1. The Bertz CT molecular complexity index is 778. The van der Waals surface area contributed by atoms with Gasteiger partial charge in [-0.1, -0.05) is 41.4 Å². The van der Waals surface area contributed by atoms with E-state index in [9.17, 15) is 13.2 Å². The maximum absolute atomic E-state index is 12.3. The topological polar surface area (TPSA) is 51.2 Å². The molecular weight excluding hydrogens is 331 g/mol. The highest BCUT2D eigenvalue weighted by atomic mass is 35.5. The number of carbonyl (C=O) groups excluding carboxylic acids is 1. The third-order valence-corrected chi connectivity index (χ3v) is 4.80. The van der Waals surface area contributed by atoms with Gasteiger partial charge < -0.3 is 0 Å². The lowest BCUT2D eigenvalue weighted by molar-refractivity contribution is 0.0993. The minimum Gasteiger partial charge on any atom is -0.294 e. The molecule has 0 aromatic heterocycles. The zero-order valence-corrected chi connectivity index (χ0v) is 13.5. The van der Waals surface area contributed by atoms with Crippen LogP contribution in [0.15, 0.2) is 47.4 Å². The quantitative estimate of drug-likeness (QED) is 0.793. The largest absolute Gasteiger partial charge is 0.294 e. The molecule has 0 saturated heterocycles. The first-order chi connectivity index (χ1) is 9.79. The third kappa shape index (κ3) is 3.84. The number of ketones is 1. The summed E-state index contributed by atoms with van der Waals surface area (Å²) in [6, 6.07) is 10.9. The van der Waals surface area contributed by atoms with Gasteiger partial charge in [0.2, 0.25) is 0 Å². The molecule has 2 aromatic rings.